The van der Waals surface area contributed by atoms with Crippen molar-refractivity contribution < 1.29 is 13.2 Å². The fourth-order valence-electron chi connectivity index (χ4n) is 2.55. The van der Waals surface area contributed by atoms with E-state index < -0.39 is 15.9 Å². The van der Waals surface area contributed by atoms with Crippen LogP contribution in [0.4, 0.5) is 0 Å². The molecule has 2 aromatic carbocycles. The van der Waals surface area contributed by atoms with E-state index in [2.05, 4.69) is 26.2 Å². The molecular weight excluding hydrogens is 406 g/mol. The van der Waals surface area contributed by atoms with E-state index in [4.69, 9.17) is 0 Å². The van der Waals surface area contributed by atoms with Crippen molar-refractivity contribution >= 4 is 42.8 Å². The smallest absolute Gasteiger partial charge is 0.268 e. The summed E-state index contributed by atoms with van der Waals surface area (Å²) >= 11 is 3.33. The number of hydrogen-bond acceptors (Lipinski definition) is 3. The Hall–Kier alpha value is -2.16. The molecule has 0 fully saturated rings. The fourth-order valence-corrected chi connectivity index (χ4v) is 3.72. The number of halogens is 1. The van der Waals surface area contributed by atoms with Crippen LogP contribution >= 0.6 is 15.9 Å². The van der Waals surface area contributed by atoms with Gasteiger partial charge in [0.15, 0.2) is 0 Å². The maximum absolute atomic E-state index is 12.4. The van der Waals surface area contributed by atoms with Gasteiger partial charge in [-0.1, -0.05) is 34.1 Å². The van der Waals surface area contributed by atoms with Crippen LogP contribution in [0, 0.1) is 6.92 Å². The van der Waals surface area contributed by atoms with Gasteiger partial charge >= 0.3 is 0 Å². The minimum atomic E-state index is -3.86. The first-order valence-electron chi connectivity index (χ1n) is 7.42. The third-order valence-electron chi connectivity index (χ3n) is 3.88. The minimum absolute atomic E-state index is 0.0754. The molecule has 0 unspecified atom stereocenters. The van der Waals surface area contributed by atoms with E-state index >= 15 is 0 Å². The maximum Gasteiger partial charge on any atom is 0.268 e. The molecule has 0 saturated heterocycles. The Bertz CT molecular complexity index is 1070. The minimum Gasteiger partial charge on any atom is -0.350 e. The van der Waals surface area contributed by atoms with Crippen LogP contribution in [0.1, 0.15) is 15.9 Å². The van der Waals surface area contributed by atoms with Crippen molar-refractivity contribution in [3.8, 4) is 0 Å². The van der Waals surface area contributed by atoms with Crippen molar-refractivity contribution in [2.75, 3.05) is 0 Å². The Labute approximate surface area is 154 Å². The summed E-state index contributed by atoms with van der Waals surface area (Å²) in [5.41, 5.74) is 4.34. The normalized spacial score (nSPS) is 11.6. The lowest BCUT2D eigenvalue weighted by molar-refractivity contribution is 0.0946. The molecular formula is C17H16BrN3O3S. The second kappa shape index (κ2) is 6.62. The van der Waals surface area contributed by atoms with E-state index in [1.165, 1.54) is 12.1 Å². The van der Waals surface area contributed by atoms with Crippen LogP contribution in [-0.2, 0) is 17.1 Å². The molecule has 1 heterocycles. The highest BCUT2D eigenvalue weighted by molar-refractivity contribution is 9.10. The van der Waals surface area contributed by atoms with Crippen molar-refractivity contribution in [1.29, 1.82) is 0 Å². The number of benzene rings is 2. The zero-order chi connectivity index (χ0) is 18.2. The van der Waals surface area contributed by atoms with Gasteiger partial charge in [0, 0.05) is 28.6 Å². The van der Waals surface area contributed by atoms with Gasteiger partial charge in [0.2, 0.25) is 0 Å². The van der Waals surface area contributed by atoms with Crippen LogP contribution in [0.25, 0.3) is 10.9 Å². The zero-order valence-corrected chi connectivity index (χ0v) is 16.0. The van der Waals surface area contributed by atoms with Crippen LogP contribution in [-0.4, -0.2) is 18.9 Å². The molecule has 25 heavy (non-hydrogen) atoms. The summed E-state index contributed by atoms with van der Waals surface area (Å²) < 4.78 is 27.3. The number of nitrogens with one attached hydrogen (secondary N) is 2. The number of fused-ring (bicyclic) bond motifs is 1. The van der Waals surface area contributed by atoms with Gasteiger partial charge in [-0.25, -0.2) is 8.42 Å². The Morgan fingerprint density at radius 3 is 2.60 bits per heavy atom. The number of carbonyl (C=O) groups excluding carboxylic acids is 1. The second-order valence-corrected chi connectivity index (χ2v) is 8.18. The molecule has 3 rings (SSSR count). The molecule has 0 spiro atoms. The first-order chi connectivity index (χ1) is 11.8. The molecule has 6 nitrogen and oxygen atoms in total. The summed E-state index contributed by atoms with van der Waals surface area (Å²) in [6.45, 7) is 1.79. The number of hydrogen-bond donors (Lipinski definition) is 2. The number of sulfonamides is 1. The van der Waals surface area contributed by atoms with Crippen LogP contribution in [0.2, 0.25) is 0 Å². The summed E-state index contributed by atoms with van der Waals surface area (Å²) in [7, 11) is -2.03. The van der Waals surface area contributed by atoms with Gasteiger partial charge in [0.25, 0.3) is 15.9 Å². The lowest BCUT2D eigenvalue weighted by Gasteiger charge is -2.09. The number of hydrazine groups is 1. The number of para-hydroxylation sites is 1. The summed E-state index contributed by atoms with van der Waals surface area (Å²) in [4.78, 5) is 14.6. The number of aromatic nitrogens is 1. The second-order valence-electron chi connectivity index (χ2n) is 5.64. The number of carbonyl (C=O) groups is 1. The molecule has 0 saturated carbocycles. The number of aryl methyl sites for hydroxylation is 2. The topological polar surface area (TPSA) is 80.2 Å². The highest BCUT2D eigenvalue weighted by Crippen LogP contribution is 2.21. The fraction of sp³-hybridized carbons (Fsp3) is 0.118. The van der Waals surface area contributed by atoms with E-state index in [0.29, 0.717) is 5.56 Å². The van der Waals surface area contributed by atoms with Crippen molar-refractivity contribution in [2.45, 2.75) is 11.8 Å². The summed E-state index contributed by atoms with van der Waals surface area (Å²) in [5, 5.41) is 0.751. The molecule has 1 aromatic heterocycles. The number of nitrogens with zero attached hydrogens (tertiary/aromatic N) is 1. The Morgan fingerprint density at radius 2 is 1.88 bits per heavy atom. The van der Waals surface area contributed by atoms with Crippen LogP contribution in [0.15, 0.2) is 58.0 Å². The van der Waals surface area contributed by atoms with Gasteiger partial charge in [-0.15, -0.1) is 4.83 Å². The highest BCUT2D eigenvalue weighted by Gasteiger charge is 2.18. The monoisotopic (exact) mass is 421 g/mol. The predicted molar refractivity (Wildman–Crippen MR) is 99.6 cm³/mol. The molecule has 0 aliphatic rings. The van der Waals surface area contributed by atoms with Crippen molar-refractivity contribution in [3.05, 3.63) is 64.3 Å². The van der Waals surface area contributed by atoms with Crippen molar-refractivity contribution in [1.82, 2.24) is 14.8 Å². The standard InChI is InChI=1S/C17H16BrN3O3S/c1-11-9-12(7-8-15(11)18)25(23,24)20-19-17(22)14-10-21(2)16-6-4-3-5-13(14)16/h3-10,20H,1-2H3,(H,19,22). The van der Waals surface area contributed by atoms with E-state index in [-0.39, 0.29) is 4.90 Å². The van der Waals surface area contributed by atoms with E-state index in [9.17, 15) is 13.2 Å². The van der Waals surface area contributed by atoms with Gasteiger partial charge < -0.3 is 4.57 Å². The van der Waals surface area contributed by atoms with E-state index in [0.717, 1.165) is 20.9 Å². The number of rotatable bonds is 4. The van der Waals surface area contributed by atoms with E-state index in [1.807, 2.05) is 35.9 Å². The average Bonchev–Trinajstić information content (AvgIpc) is 2.92. The molecule has 3 aromatic rings. The molecule has 0 aliphatic heterocycles. The maximum atomic E-state index is 12.4. The van der Waals surface area contributed by atoms with Crippen molar-refractivity contribution in [2.24, 2.45) is 7.05 Å². The third kappa shape index (κ3) is 3.46. The first-order valence-corrected chi connectivity index (χ1v) is 9.69. The Balaban J connectivity index is 1.82. The van der Waals surface area contributed by atoms with Gasteiger partial charge in [0.1, 0.15) is 0 Å². The highest BCUT2D eigenvalue weighted by atomic mass is 79.9. The van der Waals surface area contributed by atoms with Crippen molar-refractivity contribution in [3.63, 3.8) is 0 Å². The average molecular weight is 422 g/mol. The van der Waals surface area contributed by atoms with Crippen LogP contribution in [0.3, 0.4) is 0 Å². The summed E-state index contributed by atoms with van der Waals surface area (Å²) in [6.07, 6.45) is 1.66. The molecule has 130 valence electrons. The molecule has 0 bridgehead atoms. The van der Waals surface area contributed by atoms with Crippen LogP contribution < -0.4 is 10.3 Å². The zero-order valence-electron chi connectivity index (χ0n) is 13.6. The molecule has 0 atom stereocenters. The van der Waals surface area contributed by atoms with E-state index in [1.54, 1.807) is 19.2 Å². The molecule has 8 heteroatoms. The number of amides is 1. The van der Waals surface area contributed by atoms with Gasteiger partial charge in [-0.05, 0) is 36.8 Å². The van der Waals surface area contributed by atoms with Gasteiger partial charge in [-0.2, -0.15) is 0 Å². The molecule has 1 amide bonds. The van der Waals surface area contributed by atoms with Gasteiger partial charge in [-0.3, -0.25) is 10.2 Å². The molecule has 0 aliphatic carbocycles. The largest absolute Gasteiger partial charge is 0.350 e. The first kappa shape index (κ1) is 17.7. The SMILES string of the molecule is Cc1cc(S(=O)(=O)NNC(=O)c2cn(C)c3ccccc23)ccc1Br. The van der Waals surface area contributed by atoms with Crippen LogP contribution in [0.5, 0.6) is 0 Å². The predicted octanol–water partition coefficient (Wildman–Crippen LogP) is 2.87. The lowest BCUT2D eigenvalue weighted by Crippen LogP contribution is -2.41. The Kier molecular flexibility index (Phi) is 4.68. The quantitative estimate of drug-likeness (QED) is 0.635. The lowest BCUT2D eigenvalue weighted by atomic mass is 10.2. The Morgan fingerprint density at radius 1 is 1.16 bits per heavy atom. The summed E-state index contributed by atoms with van der Waals surface area (Å²) in [6, 6.07) is 12.0. The summed E-state index contributed by atoms with van der Waals surface area (Å²) in [5.74, 6) is -0.519. The third-order valence-corrected chi connectivity index (χ3v) is 6.02. The molecule has 0 radical (unpaired) electrons. The van der Waals surface area contributed by atoms with Gasteiger partial charge in [0.05, 0.1) is 10.5 Å². The molecule has 2 N–H and O–H groups in total.